The van der Waals surface area contributed by atoms with Gasteiger partial charge in [0.05, 0.1) is 9.95 Å². The molecule has 7 heteroatoms. The molecule has 1 aromatic rings. The molecule has 2 rings (SSSR count). The maximum atomic E-state index is 13.6. The Kier molecular flexibility index (Phi) is 3.91. The van der Waals surface area contributed by atoms with E-state index in [1.165, 1.54) is 0 Å². The predicted molar refractivity (Wildman–Crippen MR) is 72.3 cm³/mol. The average Bonchev–Trinajstić information content (AvgIpc) is 2.35. The maximum absolute atomic E-state index is 13.6. The van der Waals surface area contributed by atoms with Crippen molar-refractivity contribution in [2.75, 3.05) is 18.0 Å². The second kappa shape index (κ2) is 5.30. The van der Waals surface area contributed by atoms with E-state index >= 15 is 0 Å². The van der Waals surface area contributed by atoms with Crippen LogP contribution in [0.3, 0.4) is 0 Å². The normalized spacial score (nSPS) is 23.5. The summed E-state index contributed by atoms with van der Waals surface area (Å²) in [5.41, 5.74) is 0.125. The van der Waals surface area contributed by atoms with Crippen LogP contribution < -0.4 is 10.2 Å². The average molecular weight is 288 g/mol. The number of hydrogen-bond donors (Lipinski definition) is 1. The number of hydrogen-bond acceptors (Lipinski definition) is 4. The Morgan fingerprint density at radius 2 is 2.21 bits per heavy atom. The highest BCUT2D eigenvalue weighted by Crippen LogP contribution is 2.34. The Hall–Kier alpha value is -1.40. The number of nitro benzene ring substituents is 1. The zero-order valence-electron chi connectivity index (χ0n) is 10.7. The molecule has 1 fully saturated rings. The molecule has 0 aromatic heterocycles. The van der Waals surface area contributed by atoms with E-state index in [1.807, 2.05) is 18.7 Å². The molecule has 5 nitrogen and oxygen atoms in total. The SMILES string of the molecule is CC1CN(c2cc(F)c(Cl)cc2[N+](=O)[O-])C(C)CN1. The monoisotopic (exact) mass is 287 g/mol. The molecule has 0 aliphatic carbocycles. The van der Waals surface area contributed by atoms with Crippen LogP contribution in [0.4, 0.5) is 15.8 Å². The van der Waals surface area contributed by atoms with Gasteiger partial charge in [0.25, 0.3) is 5.69 Å². The summed E-state index contributed by atoms with van der Waals surface area (Å²) >= 11 is 5.62. The van der Waals surface area contributed by atoms with Crippen molar-refractivity contribution in [1.82, 2.24) is 5.32 Å². The lowest BCUT2D eigenvalue weighted by molar-refractivity contribution is -0.384. The third-order valence-electron chi connectivity index (χ3n) is 3.29. The largest absolute Gasteiger partial charge is 0.360 e. The van der Waals surface area contributed by atoms with Gasteiger partial charge in [0.1, 0.15) is 11.5 Å². The molecule has 0 amide bonds. The van der Waals surface area contributed by atoms with E-state index in [-0.39, 0.29) is 28.5 Å². The number of halogens is 2. The van der Waals surface area contributed by atoms with E-state index < -0.39 is 10.7 Å². The summed E-state index contributed by atoms with van der Waals surface area (Å²) in [4.78, 5) is 12.4. The Morgan fingerprint density at radius 1 is 1.53 bits per heavy atom. The number of nitro groups is 1. The first-order valence-electron chi connectivity index (χ1n) is 6.03. The summed E-state index contributed by atoms with van der Waals surface area (Å²) in [6, 6.07) is 2.46. The summed E-state index contributed by atoms with van der Waals surface area (Å²) in [6.07, 6.45) is 0. The molecule has 0 bridgehead atoms. The van der Waals surface area contributed by atoms with Gasteiger partial charge in [-0.2, -0.15) is 0 Å². The summed E-state index contributed by atoms with van der Waals surface area (Å²) < 4.78 is 13.6. The summed E-state index contributed by atoms with van der Waals surface area (Å²) in [6.45, 7) is 5.21. The number of rotatable bonds is 2. The van der Waals surface area contributed by atoms with Crippen molar-refractivity contribution >= 4 is 23.0 Å². The second-order valence-electron chi connectivity index (χ2n) is 4.82. The van der Waals surface area contributed by atoms with Crippen molar-refractivity contribution in [2.45, 2.75) is 25.9 Å². The van der Waals surface area contributed by atoms with Gasteiger partial charge in [-0.15, -0.1) is 0 Å². The van der Waals surface area contributed by atoms with E-state index in [9.17, 15) is 14.5 Å². The molecular formula is C12H15ClFN3O2. The smallest absolute Gasteiger partial charge is 0.294 e. The molecule has 1 saturated heterocycles. The van der Waals surface area contributed by atoms with Crippen LogP contribution in [0.1, 0.15) is 13.8 Å². The van der Waals surface area contributed by atoms with Crippen molar-refractivity contribution in [3.63, 3.8) is 0 Å². The molecule has 1 aliphatic rings. The van der Waals surface area contributed by atoms with E-state index in [0.29, 0.717) is 13.1 Å². The molecule has 19 heavy (non-hydrogen) atoms. The molecule has 1 heterocycles. The number of piperazine rings is 1. The molecule has 2 atom stereocenters. The van der Waals surface area contributed by atoms with Crippen LogP contribution in [0.2, 0.25) is 5.02 Å². The lowest BCUT2D eigenvalue weighted by Gasteiger charge is -2.38. The Bertz CT molecular complexity index is 512. The van der Waals surface area contributed by atoms with Gasteiger partial charge in [-0.25, -0.2) is 4.39 Å². The Balaban J connectivity index is 2.47. The van der Waals surface area contributed by atoms with Crippen LogP contribution in [0, 0.1) is 15.9 Å². The van der Waals surface area contributed by atoms with Gasteiger partial charge in [0, 0.05) is 37.3 Å². The van der Waals surface area contributed by atoms with E-state index in [2.05, 4.69) is 5.32 Å². The van der Waals surface area contributed by atoms with Crippen LogP contribution in [0.15, 0.2) is 12.1 Å². The van der Waals surface area contributed by atoms with Gasteiger partial charge < -0.3 is 10.2 Å². The Morgan fingerprint density at radius 3 is 2.84 bits per heavy atom. The van der Waals surface area contributed by atoms with Gasteiger partial charge in [-0.1, -0.05) is 11.6 Å². The maximum Gasteiger partial charge on any atom is 0.294 e. The lowest BCUT2D eigenvalue weighted by atomic mass is 10.1. The topological polar surface area (TPSA) is 58.4 Å². The molecule has 104 valence electrons. The van der Waals surface area contributed by atoms with Gasteiger partial charge >= 0.3 is 0 Å². The van der Waals surface area contributed by atoms with Crippen molar-refractivity contribution in [3.05, 3.63) is 33.1 Å². The number of nitrogens with one attached hydrogen (secondary N) is 1. The molecule has 1 aliphatic heterocycles. The van der Waals surface area contributed by atoms with Crippen molar-refractivity contribution in [1.29, 1.82) is 0 Å². The number of nitrogens with zero attached hydrogens (tertiary/aromatic N) is 2. The third-order valence-corrected chi connectivity index (χ3v) is 3.58. The molecule has 1 N–H and O–H groups in total. The van der Waals surface area contributed by atoms with Crippen LogP contribution >= 0.6 is 11.6 Å². The fourth-order valence-corrected chi connectivity index (χ4v) is 2.42. The second-order valence-corrected chi connectivity index (χ2v) is 5.23. The lowest BCUT2D eigenvalue weighted by Crippen LogP contribution is -2.54. The van der Waals surface area contributed by atoms with Crippen molar-refractivity contribution in [2.24, 2.45) is 0 Å². The first kappa shape index (κ1) is 14.0. The minimum atomic E-state index is -0.638. The zero-order chi connectivity index (χ0) is 14.2. The van der Waals surface area contributed by atoms with Crippen LogP contribution in [-0.2, 0) is 0 Å². The Labute approximate surface area is 115 Å². The fraction of sp³-hybridized carbons (Fsp3) is 0.500. The van der Waals surface area contributed by atoms with Crippen LogP contribution in [0.5, 0.6) is 0 Å². The van der Waals surface area contributed by atoms with Gasteiger partial charge in [-0.05, 0) is 13.8 Å². The highest BCUT2D eigenvalue weighted by molar-refractivity contribution is 6.31. The quantitative estimate of drug-likeness (QED) is 0.671. The highest BCUT2D eigenvalue weighted by atomic mass is 35.5. The summed E-state index contributed by atoms with van der Waals surface area (Å²) in [5.74, 6) is -0.638. The zero-order valence-corrected chi connectivity index (χ0v) is 11.4. The predicted octanol–water partition coefficient (Wildman–Crippen LogP) is 2.57. The molecule has 2 unspecified atom stereocenters. The van der Waals surface area contributed by atoms with Gasteiger partial charge in [0.15, 0.2) is 0 Å². The van der Waals surface area contributed by atoms with E-state index in [0.717, 1.165) is 12.1 Å². The molecular weight excluding hydrogens is 273 g/mol. The summed E-state index contributed by atoms with van der Waals surface area (Å²) in [5, 5.41) is 14.1. The molecule has 0 spiro atoms. The first-order chi connectivity index (χ1) is 8.90. The third kappa shape index (κ3) is 2.79. The first-order valence-corrected chi connectivity index (χ1v) is 6.41. The van der Waals surface area contributed by atoms with E-state index in [1.54, 1.807) is 0 Å². The number of benzene rings is 1. The van der Waals surface area contributed by atoms with Gasteiger partial charge in [0.2, 0.25) is 0 Å². The highest BCUT2D eigenvalue weighted by Gasteiger charge is 2.29. The standard InChI is InChI=1S/C12H15ClFN3O2/c1-7-6-16(8(2)5-15-7)11-4-10(14)9(13)3-12(11)17(18)19/h3-4,7-8,15H,5-6H2,1-2H3. The van der Waals surface area contributed by atoms with Crippen LogP contribution in [-0.4, -0.2) is 30.1 Å². The molecule has 1 aromatic carbocycles. The summed E-state index contributed by atoms with van der Waals surface area (Å²) in [7, 11) is 0. The van der Waals surface area contributed by atoms with Crippen molar-refractivity contribution in [3.8, 4) is 0 Å². The fourth-order valence-electron chi connectivity index (χ4n) is 2.26. The van der Waals surface area contributed by atoms with Crippen LogP contribution in [0.25, 0.3) is 0 Å². The van der Waals surface area contributed by atoms with E-state index in [4.69, 9.17) is 11.6 Å². The van der Waals surface area contributed by atoms with Gasteiger partial charge in [-0.3, -0.25) is 10.1 Å². The minimum Gasteiger partial charge on any atom is -0.360 e. The molecule has 0 saturated carbocycles. The minimum absolute atomic E-state index is 0.0514. The molecule has 0 radical (unpaired) electrons. The van der Waals surface area contributed by atoms with Crippen molar-refractivity contribution < 1.29 is 9.31 Å². The number of anilines is 1.